The molecular weight excluding hydrogens is 213 g/mol. The van der Waals surface area contributed by atoms with Crippen LogP contribution in [0.15, 0.2) is 4.79 Å². The highest BCUT2D eigenvalue weighted by Gasteiger charge is 2.31. The van der Waals surface area contributed by atoms with E-state index in [4.69, 9.17) is 5.73 Å². The van der Waals surface area contributed by atoms with E-state index in [9.17, 15) is 18.0 Å². The highest BCUT2D eigenvalue weighted by atomic mass is 19.4. The predicted molar refractivity (Wildman–Crippen MR) is 46.1 cm³/mol. The number of hydrogen-bond acceptors (Lipinski definition) is 3. The summed E-state index contributed by atoms with van der Waals surface area (Å²) in [6.07, 6.45) is -4.06. The van der Waals surface area contributed by atoms with Crippen molar-refractivity contribution in [3.63, 3.8) is 0 Å². The topological polar surface area (TPSA) is 76.7 Å². The van der Waals surface area contributed by atoms with Gasteiger partial charge in [0.15, 0.2) is 5.82 Å². The Balaban J connectivity index is 3.05. The molecule has 1 aromatic heterocycles. The van der Waals surface area contributed by atoms with Gasteiger partial charge in [0.1, 0.15) is 6.54 Å². The molecule has 86 valence electrons. The van der Waals surface area contributed by atoms with E-state index in [1.54, 1.807) is 6.92 Å². The minimum Gasteiger partial charge on any atom is -0.321 e. The van der Waals surface area contributed by atoms with Crippen LogP contribution in [0, 0.1) is 0 Å². The summed E-state index contributed by atoms with van der Waals surface area (Å²) in [5, 5.41) is 5.42. The Morgan fingerprint density at radius 3 is 2.67 bits per heavy atom. The number of alkyl halides is 3. The zero-order valence-corrected chi connectivity index (χ0v) is 8.01. The van der Waals surface area contributed by atoms with Crippen molar-refractivity contribution in [3.8, 4) is 0 Å². The maximum absolute atomic E-state index is 12.1. The molecule has 1 atom stereocenters. The lowest BCUT2D eigenvalue weighted by Crippen LogP contribution is -2.29. The van der Waals surface area contributed by atoms with Crippen LogP contribution in [0.2, 0.25) is 0 Å². The Morgan fingerprint density at radius 2 is 2.20 bits per heavy atom. The van der Waals surface area contributed by atoms with Gasteiger partial charge < -0.3 is 5.73 Å². The molecule has 0 saturated heterocycles. The van der Waals surface area contributed by atoms with Gasteiger partial charge in [-0.3, -0.25) is 4.57 Å². The molecule has 1 rings (SSSR count). The molecular formula is C7H11F3N4O. The smallest absolute Gasteiger partial charge is 0.321 e. The highest BCUT2D eigenvalue weighted by Crippen LogP contribution is 2.18. The van der Waals surface area contributed by atoms with Crippen LogP contribution in [-0.2, 0) is 6.54 Å². The van der Waals surface area contributed by atoms with Crippen LogP contribution in [0.1, 0.15) is 25.2 Å². The number of H-pyrrole nitrogens is 1. The molecule has 0 aliphatic rings. The fraction of sp³-hybridized carbons (Fsp3) is 0.714. The number of halogens is 3. The van der Waals surface area contributed by atoms with Gasteiger partial charge in [-0.1, -0.05) is 6.92 Å². The SMILES string of the molecule is CCC(N)c1n[nH]c(=O)n1CC(F)(F)F. The molecule has 0 spiro atoms. The standard InChI is InChI=1S/C7H11F3N4O/c1-2-4(11)5-12-13-6(15)14(5)3-7(8,9)10/h4H,2-3,11H2,1H3,(H,13,15). The average Bonchev–Trinajstić information content (AvgIpc) is 2.45. The number of rotatable bonds is 3. The van der Waals surface area contributed by atoms with Crippen molar-refractivity contribution in [2.24, 2.45) is 5.73 Å². The number of aromatic amines is 1. The molecule has 0 saturated carbocycles. The molecule has 0 fully saturated rings. The third-order valence-electron chi connectivity index (χ3n) is 1.90. The van der Waals surface area contributed by atoms with E-state index >= 15 is 0 Å². The summed E-state index contributed by atoms with van der Waals surface area (Å²) in [4.78, 5) is 11.0. The van der Waals surface area contributed by atoms with Crippen LogP contribution in [0.4, 0.5) is 13.2 Å². The van der Waals surface area contributed by atoms with Gasteiger partial charge in [-0.05, 0) is 6.42 Å². The van der Waals surface area contributed by atoms with Crippen molar-refractivity contribution >= 4 is 0 Å². The zero-order chi connectivity index (χ0) is 11.6. The third kappa shape index (κ3) is 2.82. The maximum atomic E-state index is 12.1. The van der Waals surface area contributed by atoms with Gasteiger partial charge in [0.05, 0.1) is 6.04 Å². The molecule has 5 nitrogen and oxygen atoms in total. The lowest BCUT2D eigenvalue weighted by molar-refractivity contribution is -0.141. The minimum absolute atomic E-state index is 0.0696. The largest absolute Gasteiger partial charge is 0.406 e. The minimum atomic E-state index is -4.46. The monoisotopic (exact) mass is 224 g/mol. The Bertz CT molecular complexity index is 380. The number of hydrogen-bond donors (Lipinski definition) is 2. The van der Waals surface area contributed by atoms with Gasteiger partial charge in [-0.15, -0.1) is 0 Å². The Hall–Kier alpha value is -1.31. The summed E-state index contributed by atoms with van der Waals surface area (Å²) in [5.74, 6) is -0.0696. The fourth-order valence-corrected chi connectivity index (χ4v) is 1.13. The van der Waals surface area contributed by atoms with Crippen molar-refractivity contribution in [1.82, 2.24) is 14.8 Å². The summed E-state index contributed by atoms with van der Waals surface area (Å²) >= 11 is 0. The van der Waals surface area contributed by atoms with Crippen molar-refractivity contribution < 1.29 is 13.2 Å². The lowest BCUT2D eigenvalue weighted by atomic mass is 10.2. The lowest BCUT2D eigenvalue weighted by Gasteiger charge is -2.11. The summed E-state index contributed by atoms with van der Waals surface area (Å²) < 4.78 is 36.8. The van der Waals surface area contributed by atoms with Gasteiger partial charge in [0.2, 0.25) is 0 Å². The quantitative estimate of drug-likeness (QED) is 0.786. The van der Waals surface area contributed by atoms with E-state index in [0.29, 0.717) is 11.0 Å². The first-order chi connectivity index (χ1) is 6.85. The Labute approximate surface area is 83.1 Å². The average molecular weight is 224 g/mol. The third-order valence-corrected chi connectivity index (χ3v) is 1.90. The molecule has 0 bridgehead atoms. The number of nitrogens with two attached hydrogens (primary N) is 1. The summed E-state index contributed by atoms with van der Waals surface area (Å²) in [5.41, 5.74) is 4.62. The first-order valence-electron chi connectivity index (χ1n) is 4.32. The van der Waals surface area contributed by atoms with E-state index in [1.807, 2.05) is 5.10 Å². The predicted octanol–water partition coefficient (Wildman–Crippen LogP) is 0.544. The van der Waals surface area contributed by atoms with Crippen molar-refractivity contribution in [3.05, 3.63) is 16.3 Å². The van der Waals surface area contributed by atoms with E-state index in [-0.39, 0.29) is 5.82 Å². The van der Waals surface area contributed by atoms with Gasteiger partial charge in [-0.25, -0.2) is 9.89 Å². The van der Waals surface area contributed by atoms with Crippen molar-refractivity contribution in [2.75, 3.05) is 0 Å². The van der Waals surface area contributed by atoms with E-state index in [0.717, 1.165) is 0 Å². The molecule has 0 aromatic carbocycles. The fourth-order valence-electron chi connectivity index (χ4n) is 1.13. The van der Waals surface area contributed by atoms with Crippen LogP contribution in [0.3, 0.4) is 0 Å². The van der Waals surface area contributed by atoms with Crippen molar-refractivity contribution in [1.29, 1.82) is 0 Å². The van der Waals surface area contributed by atoms with Crippen LogP contribution >= 0.6 is 0 Å². The van der Waals surface area contributed by atoms with Gasteiger partial charge in [0.25, 0.3) is 0 Å². The van der Waals surface area contributed by atoms with Crippen molar-refractivity contribution in [2.45, 2.75) is 32.1 Å². The molecule has 1 unspecified atom stereocenters. The van der Waals surface area contributed by atoms with Crippen LogP contribution in [0.5, 0.6) is 0 Å². The van der Waals surface area contributed by atoms with E-state index in [2.05, 4.69) is 5.10 Å². The number of nitrogens with zero attached hydrogens (tertiary/aromatic N) is 2. The second-order valence-corrected chi connectivity index (χ2v) is 3.10. The molecule has 1 heterocycles. The maximum Gasteiger partial charge on any atom is 0.406 e. The second-order valence-electron chi connectivity index (χ2n) is 3.10. The second kappa shape index (κ2) is 4.05. The van der Waals surface area contributed by atoms with Crippen LogP contribution in [0.25, 0.3) is 0 Å². The molecule has 0 radical (unpaired) electrons. The molecule has 0 amide bonds. The molecule has 15 heavy (non-hydrogen) atoms. The normalized spacial score (nSPS) is 14.2. The molecule has 8 heteroatoms. The van der Waals surface area contributed by atoms with Gasteiger partial charge in [0, 0.05) is 0 Å². The van der Waals surface area contributed by atoms with Gasteiger partial charge in [-0.2, -0.15) is 18.3 Å². The number of aromatic nitrogens is 3. The first-order valence-corrected chi connectivity index (χ1v) is 4.32. The van der Waals surface area contributed by atoms with Crippen LogP contribution < -0.4 is 11.4 Å². The molecule has 1 aromatic rings. The van der Waals surface area contributed by atoms with Crippen LogP contribution in [-0.4, -0.2) is 20.9 Å². The Morgan fingerprint density at radius 1 is 1.60 bits per heavy atom. The van der Waals surface area contributed by atoms with E-state index < -0.39 is 24.5 Å². The summed E-state index contributed by atoms with van der Waals surface area (Å²) in [7, 11) is 0. The first kappa shape index (κ1) is 11.8. The summed E-state index contributed by atoms with van der Waals surface area (Å²) in [6, 6.07) is -0.675. The molecule has 0 aliphatic heterocycles. The molecule has 3 N–H and O–H groups in total. The van der Waals surface area contributed by atoms with Gasteiger partial charge >= 0.3 is 11.9 Å². The zero-order valence-electron chi connectivity index (χ0n) is 8.01. The Kier molecular flexibility index (Phi) is 3.18. The summed E-state index contributed by atoms with van der Waals surface area (Å²) in [6.45, 7) is 0.327. The van der Waals surface area contributed by atoms with E-state index in [1.165, 1.54) is 0 Å². The number of nitrogens with one attached hydrogen (secondary N) is 1. The highest BCUT2D eigenvalue weighted by molar-refractivity contribution is 4.93. The molecule has 0 aliphatic carbocycles.